The van der Waals surface area contributed by atoms with Crippen LogP contribution in [0.5, 0.6) is 0 Å². The van der Waals surface area contributed by atoms with Gasteiger partial charge in [-0.3, -0.25) is 0 Å². The Hall–Kier alpha value is -0.890. The molecule has 1 spiro atoms. The summed E-state index contributed by atoms with van der Waals surface area (Å²) in [6.45, 7) is 8.19. The van der Waals surface area contributed by atoms with Crippen molar-refractivity contribution < 1.29 is 33.5 Å². The Kier molecular flexibility index (Phi) is 4.26. The number of hydrogen-bond acceptors (Lipinski definition) is 7. The van der Waals surface area contributed by atoms with Gasteiger partial charge in [0, 0.05) is 18.3 Å². The third kappa shape index (κ3) is 2.59. The smallest absolute Gasteiger partial charge is 0.435 e. The van der Waals surface area contributed by atoms with Crippen LogP contribution in [0.1, 0.15) is 53.4 Å². The minimum atomic E-state index is -0.827. The standard InChI is InChI=1S/C18H28O7/c1-5-20-16(19)22-14-11(3)13-7-6-10(2)12-8-9-17(4)23-15(21-14)18(12,13)25-24-17/h10-15H,5-9H2,1-4H3/t10-,11-,12+,13+,14+,15-,17-,18-/m1/s1. The summed E-state index contributed by atoms with van der Waals surface area (Å²) in [6, 6.07) is 0. The van der Waals surface area contributed by atoms with Crippen LogP contribution >= 0.6 is 0 Å². The lowest BCUT2D eigenvalue weighted by Crippen LogP contribution is -2.70. The molecule has 7 heteroatoms. The van der Waals surface area contributed by atoms with Gasteiger partial charge in [-0.1, -0.05) is 13.8 Å². The van der Waals surface area contributed by atoms with Gasteiger partial charge in [-0.25, -0.2) is 14.6 Å². The minimum absolute atomic E-state index is 0.0367. The van der Waals surface area contributed by atoms with Gasteiger partial charge >= 0.3 is 6.16 Å². The van der Waals surface area contributed by atoms with Crippen molar-refractivity contribution in [3.63, 3.8) is 0 Å². The molecule has 0 aromatic carbocycles. The van der Waals surface area contributed by atoms with Crippen molar-refractivity contribution in [3.05, 3.63) is 0 Å². The summed E-state index contributed by atoms with van der Waals surface area (Å²) in [6.07, 6.45) is 1.78. The lowest BCUT2D eigenvalue weighted by Gasteiger charge is -2.59. The van der Waals surface area contributed by atoms with E-state index in [-0.39, 0.29) is 18.4 Å². The maximum absolute atomic E-state index is 11.8. The quantitative estimate of drug-likeness (QED) is 0.555. The molecular formula is C18H28O7. The van der Waals surface area contributed by atoms with Gasteiger partial charge in [0.2, 0.25) is 12.1 Å². The molecular weight excluding hydrogens is 328 g/mol. The van der Waals surface area contributed by atoms with Gasteiger partial charge in [0.1, 0.15) is 0 Å². The number of fused-ring (bicyclic) bond motifs is 2. The highest BCUT2D eigenvalue weighted by Gasteiger charge is 2.69. The first-order chi connectivity index (χ1) is 11.9. The lowest BCUT2D eigenvalue weighted by molar-refractivity contribution is -0.576. The normalized spacial score (nSPS) is 51.4. The maximum atomic E-state index is 11.8. The maximum Gasteiger partial charge on any atom is 0.510 e. The highest BCUT2D eigenvalue weighted by atomic mass is 17.3. The molecule has 4 heterocycles. The van der Waals surface area contributed by atoms with Gasteiger partial charge in [0.15, 0.2) is 11.9 Å². The van der Waals surface area contributed by atoms with Gasteiger partial charge in [-0.05, 0) is 44.9 Å². The van der Waals surface area contributed by atoms with Crippen molar-refractivity contribution >= 4 is 6.16 Å². The molecule has 0 unspecified atom stereocenters. The average Bonchev–Trinajstić information content (AvgIpc) is 2.79. The molecule has 0 aromatic rings. The zero-order valence-electron chi connectivity index (χ0n) is 15.4. The van der Waals surface area contributed by atoms with E-state index in [9.17, 15) is 4.79 Å². The van der Waals surface area contributed by atoms with Crippen LogP contribution < -0.4 is 0 Å². The van der Waals surface area contributed by atoms with Gasteiger partial charge in [0.05, 0.1) is 6.61 Å². The summed E-state index contributed by atoms with van der Waals surface area (Å²) in [4.78, 5) is 23.6. The Morgan fingerprint density at radius 2 is 1.96 bits per heavy atom. The van der Waals surface area contributed by atoms with E-state index in [0.29, 0.717) is 11.8 Å². The van der Waals surface area contributed by atoms with Crippen molar-refractivity contribution in [3.8, 4) is 0 Å². The summed E-state index contributed by atoms with van der Waals surface area (Å²) in [5.74, 6) is 0.0724. The molecule has 2 bridgehead atoms. The largest absolute Gasteiger partial charge is 0.510 e. The van der Waals surface area contributed by atoms with Crippen molar-refractivity contribution in [2.75, 3.05) is 6.61 Å². The summed E-state index contributed by atoms with van der Waals surface area (Å²) >= 11 is 0. The molecule has 1 saturated carbocycles. The Balaban J connectivity index is 1.66. The second-order valence-corrected chi connectivity index (χ2v) is 8.07. The minimum Gasteiger partial charge on any atom is -0.435 e. The van der Waals surface area contributed by atoms with E-state index in [1.807, 2.05) is 13.8 Å². The Morgan fingerprint density at radius 3 is 2.72 bits per heavy atom. The molecule has 25 heavy (non-hydrogen) atoms. The highest BCUT2D eigenvalue weighted by Crippen LogP contribution is 2.60. The van der Waals surface area contributed by atoms with Gasteiger partial charge in [0.25, 0.3) is 0 Å². The summed E-state index contributed by atoms with van der Waals surface area (Å²) < 4.78 is 22.7. The number of hydrogen-bond donors (Lipinski definition) is 0. The average molecular weight is 356 g/mol. The van der Waals surface area contributed by atoms with Gasteiger partial charge < -0.3 is 18.9 Å². The predicted octanol–water partition coefficient (Wildman–Crippen LogP) is 3.37. The van der Waals surface area contributed by atoms with E-state index in [1.54, 1.807) is 6.92 Å². The van der Waals surface area contributed by atoms with E-state index in [1.165, 1.54) is 0 Å². The molecule has 1 aliphatic carbocycles. The topological polar surface area (TPSA) is 72.5 Å². The molecule has 7 nitrogen and oxygen atoms in total. The second-order valence-electron chi connectivity index (χ2n) is 8.07. The fourth-order valence-corrected chi connectivity index (χ4v) is 5.25. The van der Waals surface area contributed by atoms with Crippen LogP contribution in [0.3, 0.4) is 0 Å². The molecule has 8 atom stereocenters. The first-order valence-electron chi connectivity index (χ1n) is 9.43. The van der Waals surface area contributed by atoms with E-state index in [2.05, 4.69) is 6.92 Å². The zero-order valence-corrected chi connectivity index (χ0v) is 15.4. The summed E-state index contributed by atoms with van der Waals surface area (Å²) in [5.41, 5.74) is -0.637. The van der Waals surface area contributed by atoms with Gasteiger partial charge in [-0.2, -0.15) is 0 Å². The van der Waals surface area contributed by atoms with Crippen molar-refractivity contribution in [2.45, 2.75) is 77.3 Å². The van der Waals surface area contributed by atoms with E-state index >= 15 is 0 Å². The fraction of sp³-hybridized carbons (Fsp3) is 0.944. The van der Waals surface area contributed by atoms with Crippen LogP contribution in [0.15, 0.2) is 0 Å². The first kappa shape index (κ1) is 17.5. The number of rotatable bonds is 2. The van der Waals surface area contributed by atoms with E-state index in [4.69, 9.17) is 28.7 Å². The molecule has 5 fully saturated rings. The van der Waals surface area contributed by atoms with Crippen LogP contribution in [0.2, 0.25) is 0 Å². The second kappa shape index (κ2) is 6.08. The van der Waals surface area contributed by atoms with Crippen LogP contribution in [-0.4, -0.2) is 36.7 Å². The molecule has 0 amide bonds. The molecule has 5 rings (SSSR count). The van der Waals surface area contributed by atoms with Crippen molar-refractivity contribution in [2.24, 2.45) is 23.7 Å². The Labute approximate surface area is 148 Å². The van der Waals surface area contributed by atoms with Crippen LogP contribution in [0.25, 0.3) is 0 Å². The SMILES string of the molecule is CCOC(=O)O[C@@H]1O[C@@H]2O[C@@]3(C)CC[C@H]4[C@H](C)CC[C@@H]([C@H]1C)[C@@]24OO3. The molecule has 0 radical (unpaired) electrons. The predicted molar refractivity (Wildman–Crippen MR) is 84.9 cm³/mol. The van der Waals surface area contributed by atoms with Crippen LogP contribution in [-0.2, 0) is 28.7 Å². The van der Waals surface area contributed by atoms with Crippen LogP contribution in [0, 0.1) is 23.7 Å². The Bertz CT molecular complexity index is 540. The van der Waals surface area contributed by atoms with E-state index in [0.717, 1.165) is 25.7 Å². The fourth-order valence-electron chi connectivity index (χ4n) is 5.25. The number of carbonyl (C=O) groups excluding carboxylic acids is 1. The molecule has 0 N–H and O–H groups in total. The zero-order chi connectivity index (χ0) is 17.8. The van der Waals surface area contributed by atoms with Crippen molar-refractivity contribution in [1.29, 1.82) is 0 Å². The molecule has 142 valence electrons. The third-order valence-corrected chi connectivity index (χ3v) is 6.57. The first-order valence-corrected chi connectivity index (χ1v) is 9.43. The molecule has 4 saturated heterocycles. The van der Waals surface area contributed by atoms with Crippen LogP contribution in [0.4, 0.5) is 4.79 Å². The molecule has 4 aliphatic heterocycles. The third-order valence-electron chi connectivity index (χ3n) is 6.57. The van der Waals surface area contributed by atoms with E-state index < -0.39 is 30.1 Å². The molecule has 5 aliphatic rings. The number of ether oxygens (including phenoxy) is 4. The lowest BCUT2D eigenvalue weighted by atomic mass is 9.58. The van der Waals surface area contributed by atoms with Gasteiger partial charge in [-0.15, -0.1) is 0 Å². The van der Waals surface area contributed by atoms with Crippen molar-refractivity contribution in [1.82, 2.24) is 0 Å². The summed E-state index contributed by atoms with van der Waals surface area (Å²) in [7, 11) is 0. The molecule has 0 aromatic heterocycles. The number of carbonyl (C=O) groups is 1. The highest BCUT2D eigenvalue weighted by molar-refractivity contribution is 5.59. The summed E-state index contributed by atoms with van der Waals surface area (Å²) in [5, 5.41) is 0. The Morgan fingerprint density at radius 1 is 1.16 bits per heavy atom. The monoisotopic (exact) mass is 356 g/mol.